The molecule has 14 heavy (non-hydrogen) atoms. The number of rotatable bonds is 2. The number of ether oxygens (including phenoxy) is 1. The Bertz CT molecular complexity index is 235. The van der Waals surface area contributed by atoms with Crippen LogP contribution in [0.25, 0.3) is 0 Å². The molecule has 0 aromatic heterocycles. The van der Waals surface area contributed by atoms with Crippen LogP contribution in [0.4, 0.5) is 4.79 Å². The maximum atomic E-state index is 11.2. The van der Waals surface area contributed by atoms with Crippen molar-refractivity contribution in [3.8, 4) is 0 Å². The summed E-state index contributed by atoms with van der Waals surface area (Å²) in [4.78, 5) is 11.2. The number of halogens is 2. The summed E-state index contributed by atoms with van der Waals surface area (Å²) in [6.07, 6.45) is 0.305. The molecule has 0 spiro atoms. The number of amides is 1. The molecule has 1 saturated carbocycles. The fourth-order valence-electron chi connectivity index (χ4n) is 1.01. The molecular weight excluding hydrogens is 225 g/mol. The van der Waals surface area contributed by atoms with Crippen molar-refractivity contribution in [3.63, 3.8) is 0 Å². The molecule has 1 rings (SSSR count). The van der Waals surface area contributed by atoms with Crippen molar-refractivity contribution < 1.29 is 9.53 Å². The zero-order chi connectivity index (χ0) is 11.0. The van der Waals surface area contributed by atoms with Crippen LogP contribution >= 0.6 is 23.2 Å². The molecule has 3 nitrogen and oxygen atoms in total. The molecule has 1 fully saturated rings. The number of hydrogen-bond acceptors (Lipinski definition) is 2. The van der Waals surface area contributed by atoms with Crippen molar-refractivity contribution in [1.82, 2.24) is 5.32 Å². The van der Waals surface area contributed by atoms with Gasteiger partial charge in [0, 0.05) is 12.5 Å². The molecule has 0 saturated heterocycles. The van der Waals surface area contributed by atoms with Crippen molar-refractivity contribution in [2.75, 3.05) is 6.54 Å². The maximum Gasteiger partial charge on any atom is 0.407 e. The minimum Gasteiger partial charge on any atom is -0.444 e. The first-order chi connectivity index (χ1) is 6.21. The van der Waals surface area contributed by atoms with Gasteiger partial charge in [0.05, 0.1) is 0 Å². The van der Waals surface area contributed by atoms with E-state index in [1.807, 2.05) is 20.8 Å². The predicted molar refractivity (Wildman–Crippen MR) is 56.8 cm³/mol. The van der Waals surface area contributed by atoms with Crippen LogP contribution < -0.4 is 5.32 Å². The number of alkyl carbamates (subject to hydrolysis) is 1. The van der Waals surface area contributed by atoms with E-state index in [-0.39, 0.29) is 5.92 Å². The Hall–Kier alpha value is -0.150. The number of alkyl halides is 2. The molecule has 82 valence electrons. The lowest BCUT2D eigenvalue weighted by molar-refractivity contribution is 0.0525. The van der Waals surface area contributed by atoms with E-state index in [4.69, 9.17) is 27.9 Å². The molecule has 1 amide bonds. The molecule has 0 bridgehead atoms. The topological polar surface area (TPSA) is 38.3 Å². The van der Waals surface area contributed by atoms with E-state index in [2.05, 4.69) is 5.32 Å². The molecule has 1 aliphatic rings. The average Bonchev–Trinajstić information content (AvgIpc) is 2.51. The smallest absolute Gasteiger partial charge is 0.407 e. The largest absolute Gasteiger partial charge is 0.444 e. The van der Waals surface area contributed by atoms with Crippen LogP contribution in [-0.2, 0) is 4.74 Å². The van der Waals surface area contributed by atoms with Gasteiger partial charge in [0.2, 0.25) is 0 Å². The highest BCUT2D eigenvalue weighted by Crippen LogP contribution is 2.52. The van der Waals surface area contributed by atoms with Gasteiger partial charge in [-0.15, -0.1) is 23.2 Å². The summed E-state index contributed by atoms with van der Waals surface area (Å²) in [6.45, 7) is 5.92. The van der Waals surface area contributed by atoms with Crippen molar-refractivity contribution in [1.29, 1.82) is 0 Å². The molecule has 0 radical (unpaired) electrons. The van der Waals surface area contributed by atoms with Crippen LogP contribution in [0.1, 0.15) is 27.2 Å². The van der Waals surface area contributed by atoms with E-state index in [0.717, 1.165) is 6.42 Å². The first-order valence-electron chi connectivity index (χ1n) is 4.55. The van der Waals surface area contributed by atoms with Crippen LogP contribution in [0.3, 0.4) is 0 Å². The first kappa shape index (κ1) is 11.9. The minimum atomic E-state index is -0.644. The average molecular weight is 240 g/mol. The van der Waals surface area contributed by atoms with E-state index >= 15 is 0 Å². The normalized spacial score (nSPS) is 24.2. The van der Waals surface area contributed by atoms with Gasteiger partial charge in [0.1, 0.15) is 9.93 Å². The molecule has 1 atom stereocenters. The van der Waals surface area contributed by atoms with E-state index < -0.39 is 16.0 Å². The van der Waals surface area contributed by atoms with Gasteiger partial charge in [-0.25, -0.2) is 4.79 Å². The van der Waals surface area contributed by atoms with Gasteiger partial charge in [0.25, 0.3) is 0 Å². The number of nitrogens with one attached hydrogen (secondary N) is 1. The Balaban J connectivity index is 2.17. The lowest BCUT2D eigenvalue weighted by atomic mass is 10.2. The van der Waals surface area contributed by atoms with E-state index in [0.29, 0.717) is 6.54 Å². The quantitative estimate of drug-likeness (QED) is 0.753. The lowest BCUT2D eigenvalue weighted by Crippen LogP contribution is -2.34. The first-order valence-corrected chi connectivity index (χ1v) is 5.31. The van der Waals surface area contributed by atoms with Crippen molar-refractivity contribution in [2.24, 2.45) is 5.92 Å². The Kier molecular flexibility index (Phi) is 3.22. The summed E-state index contributed by atoms with van der Waals surface area (Å²) in [5, 5.41) is 2.63. The van der Waals surface area contributed by atoms with Crippen LogP contribution in [-0.4, -0.2) is 22.6 Å². The number of carbonyl (C=O) groups excluding carboxylic acids is 1. The monoisotopic (exact) mass is 239 g/mol. The lowest BCUT2D eigenvalue weighted by Gasteiger charge is -2.19. The van der Waals surface area contributed by atoms with E-state index in [9.17, 15) is 4.79 Å². The molecule has 0 heterocycles. The SMILES string of the molecule is CC(C)(C)OC(=O)NCC1CC1(Cl)Cl. The Labute approximate surface area is 94.1 Å². The zero-order valence-corrected chi connectivity index (χ0v) is 10.1. The van der Waals surface area contributed by atoms with Gasteiger partial charge in [-0.05, 0) is 27.2 Å². The van der Waals surface area contributed by atoms with Crippen molar-refractivity contribution >= 4 is 29.3 Å². The highest BCUT2D eigenvalue weighted by Gasteiger charge is 2.51. The molecule has 5 heteroatoms. The number of carbonyl (C=O) groups is 1. The fraction of sp³-hybridized carbons (Fsp3) is 0.889. The minimum absolute atomic E-state index is 0.151. The van der Waals surface area contributed by atoms with Crippen LogP contribution in [0.5, 0.6) is 0 Å². The molecular formula is C9H15Cl2NO2. The summed E-state index contributed by atoms with van der Waals surface area (Å²) in [7, 11) is 0. The Morgan fingerprint density at radius 2 is 2.07 bits per heavy atom. The summed E-state index contributed by atoms with van der Waals surface area (Å²) in [6, 6.07) is 0. The highest BCUT2D eigenvalue weighted by atomic mass is 35.5. The van der Waals surface area contributed by atoms with Crippen LogP contribution in [0.2, 0.25) is 0 Å². The Morgan fingerprint density at radius 1 is 1.57 bits per heavy atom. The summed E-state index contributed by atoms with van der Waals surface area (Å²) in [5.74, 6) is 0.151. The Morgan fingerprint density at radius 3 is 2.43 bits per heavy atom. The maximum absolute atomic E-state index is 11.2. The van der Waals surface area contributed by atoms with Gasteiger partial charge in [0.15, 0.2) is 0 Å². The third-order valence-corrected chi connectivity index (χ3v) is 2.77. The van der Waals surface area contributed by atoms with Crippen LogP contribution in [0, 0.1) is 5.92 Å². The summed E-state index contributed by atoms with van der Waals surface area (Å²) < 4.78 is 4.40. The molecule has 1 aliphatic carbocycles. The third-order valence-electron chi connectivity index (χ3n) is 1.85. The van der Waals surface area contributed by atoms with Crippen molar-refractivity contribution in [2.45, 2.75) is 37.1 Å². The van der Waals surface area contributed by atoms with Gasteiger partial charge < -0.3 is 10.1 Å². The zero-order valence-electron chi connectivity index (χ0n) is 8.56. The second kappa shape index (κ2) is 3.78. The van der Waals surface area contributed by atoms with Gasteiger partial charge in [-0.2, -0.15) is 0 Å². The second-order valence-corrected chi connectivity index (χ2v) is 6.09. The molecule has 0 aliphatic heterocycles. The third kappa shape index (κ3) is 3.93. The summed E-state index contributed by atoms with van der Waals surface area (Å²) in [5.41, 5.74) is -0.466. The highest BCUT2D eigenvalue weighted by molar-refractivity contribution is 6.50. The molecule has 1 unspecified atom stereocenters. The second-order valence-electron chi connectivity index (χ2n) is 4.54. The molecule has 1 N–H and O–H groups in total. The standard InChI is InChI=1S/C9H15Cl2NO2/c1-8(2,3)14-7(13)12-5-6-4-9(6,10)11/h6H,4-5H2,1-3H3,(H,12,13). The fourth-order valence-corrected chi connectivity index (χ4v) is 1.54. The molecule has 0 aromatic carbocycles. The van der Waals surface area contributed by atoms with E-state index in [1.54, 1.807) is 0 Å². The van der Waals surface area contributed by atoms with Gasteiger partial charge >= 0.3 is 6.09 Å². The van der Waals surface area contributed by atoms with E-state index in [1.165, 1.54) is 0 Å². The predicted octanol–water partition coefficient (Wildman–Crippen LogP) is 2.70. The van der Waals surface area contributed by atoms with Gasteiger partial charge in [-0.3, -0.25) is 0 Å². The summed E-state index contributed by atoms with van der Waals surface area (Å²) >= 11 is 11.6. The van der Waals surface area contributed by atoms with Crippen molar-refractivity contribution in [3.05, 3.63) is 0 Å². The van der Waals surface area contributed by atoms with Gasteiger partial charge in [-0.1, -0.05) is 0 Å². The van der Waals surface area contributed by atoms with Crippen LogP contribution in [0.15, 0.2) is 0 Å². The number of hydrogen-bond donors (Lipinski definition) is 1. The molecule has 0 aromatic rings.